The quantitative estimate of drug-likeness (QED) is 0.840. The summed E-state index contributed by atoms with van der Waals surface area (Å²) in [7, 11) is 0. The number of anilines is 2. The van der Waals surface area contributed by atoms with E-state index >= 15 is 0 Å². The van der Waals surface area contributed by atoms with E-state index < -0.39 is 18.5 Å². The molecule has 1 N–H and O–H groups in total. The molecule has 1 saturated heterocycles. The Morgan fingerprint density at radius 3 is 2.58 bits per heavy atom. The molecule has 1 aliphatic heterocycles. The Kier molecular flexibility index (Phi) is 5.31. The molecule has 134 valence electrons. The predicted molar refractivity (Wildman–Crippen MR) is 98.1 cm³/mol. The van der Waals surface area contributed by atoms with Crippen molar-refractivity contribution >= 4 is 29.2 Å². The second kappa shape index (κ2) is 7.82. The van der Waals surface area contributed by atoms with Gasteiger partial charge in [-0.15, -0.1) is 0 Å². The summed E-state index contributed by atoms with van der Waals surface area (Å²) >= 11 is 0. The van der Waals surface area contributed by atoms with E-state index in [-0.39, 0.29) is 11.5 Å². The van der Waals surface area contributed by atoms with Crippen molar-refractivity contribution in [3.63, 3.8) is 0 Å². The maximum atomic E-state index is 12.4. The summed E-state index contributed by atoms with van der Waals surface area (Å²) in [4.78, 5) is 38.0. The van der Waals surface area contributed by atoms with Gasteiger partial charge in [0.1, 0.15) is 0 Å². The Morgan fingerprint density at radius 1 is 1.12 bits per heavy atom. The van der Waals surface area contributed by atoms with Crippen molar-refractivity contribution < 1.29 is 19.1 Å². The number of nitrogens with one attached hydrogen (secondary N) is 1. The Hall–Kier alpha value is -3.15. The first-order valence-electron chi connectivity index (χ1n) is 8.48. The van der Waals surface area contributed by atoms with E-state index in [9.17, 15) is 14.4 Å². The van der Waals surface area contributed by atoms with Crippen molar-refractivity contribution in [2.75, 3.05) is 23.4 Å². The van der Waals surface area contributed by atoms with Gasteiger partial charge >= 0.3 is 5.97 Å². The SMILES string of the molecule is Cc1ccccc1NC(=O)COC(=O)c1ccccc1N1CCCC1=O. The van der Waals surface area contributed by atoms with Crippen LogP contribution in [0.1, 0.15) is 28.8 Å². The molecule has 0 saturated carbocycles. The van der Waals surface area contributed by atoms with Crippen molar-refractivity contribution in [1.82, 2.24) is 0 Å². The van der Waals surface area contributed by atoms with Gasteiger partial charge in [0.15, 0.2) is 6.61 Å². The molecule has 1 heterocycles. The molecule has 0 atom stereocenters. The smallest absolute Gasteiger partial charge is 0.340 e. The molecule has 0 unspecified atom stereocenters. The molecular formula is C20H20N2O4. The van der Waals surface area contributed by atoms with Gasteiger partial charge < -0.3 is 15.0 Å². The topological polar surface area (TPSA) is 75.7 Å². The number of carbonyl (C=O) groups is 3. The first-order valence-corrected chi connectivity index (χ1v) is 8.48. The summed E-state index contributed by atoms with van der Waals surface area (Å²) in [6.45, 7) is 2.07. The fraction of sp³-hybridized carbons (Fsp3) is 0.250. The molecule has 2 amide bonds. The van der Waals surface area contributed by atoms with Crippen molar-refractivity contribution in [3.05, 3.63) is 59.7 Å². The number of hydrogen-bond acceptors (Lipinski definition) is 4. The predicted octanol–water partition coefficient (Wildman–Crippen LogP) is 2.92. The fourth-order valence-corrected chi connectivity index (χ4v) is 2.89. The third-order valence-corrected chi connectivity index (χ3v) is 4.24. The Morgan fingerprint density at radius 2 is 1.85 bits per heavy atom. The van der Waals surface area contributed by atoms with E-state index in [4.69, 9.17) is 4.74 Å². The summed E-state index contributed by atoms with van der Waals surface area (Å²) in [5.41, 5.74) is 2.41. The lowest BCUT2D eigenvalue weighted by molar-refractivity contribution is -0.119. The normalized spacial score (nSPS) is 13.6. The molecule has 0 spiro atoms. The number of rotatable bonds is 5. The van der Waals surface area contributed by atoms with Gasteiger partial charge in [0.05, 0.1) is 11.3 Å². The number of amides is 2. The minimum atomic E-state index is -0.625. The van der Waals surface area contributed by atoms with Crippen LogP contribution in [0.5, 0.6) is 0 Å². The summed E-state index contributed by atoms with van der Waals surface area (Å²) in [5.74, 6) is -1.05. The van der Waals surface area contributed by atoms with Crippen LogP contribution in [0.3, 0.4) is 0 Å². The minimum Gasteiger partial charge on any atom is -0.452 e. The van der Waals surface area contributed by atoms with Crippen LogP contribution < -0.4 is 10.2 Å². The molecule has 1 aliphatic rings. The summed E-state index contributed by atoms with van der Waals surface area (Å²) in [6, 6.07) is 14.1. The zero-order chi connectivity index (χ0) is 18.5. The lowest BCUT2D eigenvalue weighted by Gasteiger charge is -2.18. The first-order chi connectivity index (χ1) is 12.6. The highest BCUT2D eigenvalue weighted by atomic mass is 16.5. The van der Waals surface area contributed by atoms with Crippen molar-refractivity contribution in [3.8, 4) is 0 Å². The van der Waals surface area contributed by atoms with Crippen LogP contribution in [-0.2, 0) is 14.3 Å². The average molecular weight is 352 g/mol. The molecule has 2 aromatic carbocycles. The number of nitrogens with zero attached hydrogens (tertiary/aromatic N) is 1. The van der Waals surface area contributed by atoms with Gasteiger partial charge in [-0.25, -0.2) is 4.79 Å². The monoisotopic (exact) mass is 352 g/mol. The standard InChI is InChI=1S/C20H20N2O4/c1-14-7-2-4-9-16(14)21-18(23)13-26-20(25)15-8-3-5-10-17(15)22-12-6-11-19(22)24/h2-5,7-10H,6,11-13H2,1H3,(H,21,23). The van der Waals surface area contributed by atoms with Crippen LogP contribution in [0.25, 0.3) is 0 Å². The van der Waals surface area contributed by atoms with Crippen molar-refractivity contribution in [2.24, 2.45) is 0 Å². The largest absolute Gasteiger partial charge is 0.452 e. The molecule has 6 nitrogen and oxygen atoms in total. The maximum absolute atomic E-state index is 12.4. The third-order valence-electron chi connectivity index (χ3n) is 4.24. The van der Waals surface area contributed by atoms with Crippen LogP contribution in [0.15, 0.2) is 48.5 Å². The molecule has 0 bridgehead atoms. The summed E-state index contributed by atoms with van der Waals surface area (Å²) in [6.07, 6.45) is 1.24. The minimum absolute atomic E-state index is 0.0115. The van der Waals surface area contributed by atoms with Crippen LogP contribution in [-0.4, -0.2) is 30.9 Å². The number of carbonyl (C=O) groups excluding carboxylic acids is 3. The molecule has 0 aromatic heterocycles. The second-order valence-electron chi connectivity index (χ2n) is 6.11. The first kappa shape index (κ1) is 17.7. The van der Waals surface area contributed by atoms with Gasteiger partial charge in [0, 0.05) is 18.7 Å². The van der Waals surface area contributed by atoms with Crippen molar-refractivity contribution in [2.45, 2.75) is 19.8 Å². The number of benzene rings is 2. The summed E-state index contributed by atoms with van der Waals surface area (Å²) < 4.78 is 5.15. The Bertz CT molecular complexity index is 847. The van der Waals surface area contributed by atoms with E-state index in [1.165, 1.54) is 0 Å². The number of ether oxygens (including phenoxy) is 1. The van der Waals surface area contributed by atoms with Crippen LogP contribution in [0, 0.1) is 6.92 Å². The lowest BCUT2D eigenvalue weighted by atomic mass is 10.1. The van der Waals surface area contributed by atoms with Gasteiger partial charge in [-0.1, -0.05) is 30.3 Å². The molecule has 26 heavy (non-hydrogen) atoms. The molecule has 0 radical (unpaired) electrons. The van der Waals surface area contributed by atoms with Gasteiger partial charge in [0.2, 0.25) is 5.91 Å². The van der Waals surface area contributed by atoms with E-state index in [2.05, 4.69) is 5.32 Å². The molecule has 6 heteroatoms. The third kappa shape index (κ3) is 3.91. The fourth-order valence-electron chi connectivity index (χ4n) is 2.89. The highest BCUT2D eigenvalue weighted by molar-refractivity contribution is 6.04. The number of hydrogen-bond donors (Lipinski definition) is 1. The number of esters is 1. The van der Waals surface area contributed by atoms with E-state index in [0.29, 0.717) is 24.3 Å². The number of para-hydroxylation sites is 2. The highest BCUT2D eigenvalue weighted by Crippen LogP contribution is 2.26. The van der Waals surface area contributed by atoms with E-state index in [1.807, 2.05) is 25.1 Å². The highest BCUT2D eigenvalue weighted by Gasteiger charge is 2.26. The molecule has 3 rings (SSSR count). The second-order valence-corrected chi connectivity index (χ2v) is 6.11. The molecular weight excluding hydrogens is 332 g/mol. The molecule has 1 fully saturated rings. The van der Waals surface area contributed by atoms with E-state index in [1.54, 1.807) is 35.2 Å². The van der Waals surface area contributed by atoms with Gasteiger partial charge in [-0.2, -0.15) is 0 Å². The van der Waals surface area contributed by atoms with E-state index in [0.717, 1.165) is 12.0 Å². The van der Waals surface area contributed by atoms with Crippen molar-refractivity contribution in [1.29, 1.82) is 0 Å². The lowest BCUT2D eigenvalue weighted by Crippen LogP contribution is -2.27. The number of aryl methyl sites for hydroxylation is 1. The van der Waals surface area contributed by atoms with Crippen LogP contribution in [0.4, 0.5) is 11.4 Å². The Labute approximate surface area is 151 Å². The van der Waals surface area contributed by atoms with Crippen LogP contribution in [0.2, 0.25) is 0 Å². The zero-order valence-electron chi connectivity index (χ0n) is 14.5. The van der Waals surface area contributed by atoms with Gasteiger partial charge in [0.25, 0.3) is 5.91 Å². The molecule has 0 aliphatic carbocycles. The van der Waals surface area contributed by atoms with Gasteiger partial charge in [-0.05, 0) is 37.1 Å². The zero-order valence-corrected chi connectivity index (χ0v) is 14.5. The average Bonchev–Trinajstić information content (AvgIpc) is 3.07. The van der Waals surface area contributed by atoms with Crippen LogP contribution >= 0.6 is 0 Å². The Balaban J connectivity index is 1.65. The maximum Gasteiger partial charge on any atom is 0.340 e. The molecule has 2 aromatic rings. The summed E-state index contributed by atoms with van der Waals surface area (Å²) in [5, 5.41) is 2.71. The van der Waals surface area contributed by atoms with Gasteiger partial charge in [-0.3, -0.25) is 9.59 Å².